The predicted molar refractivity (Wildman–Crippen MR) is 107 cm³/mol. The second-order valence-electron chi connectivity index (χ2n) is 7.56. The molecule has 7 nitrogen and oxygen atoms in total. The zero-order valence-electron chi connectivity index (χ0n) is 15.5. The van der Waals surface area contributed by atoms with Crippen LogP contribution in [0.3, 0.4) is 0 Å². The maximum Gasteiger partial charge on any atom is 0.291 e. The third kappa shape index (κ3) is 3.86. The number of hydrogen-bond donors (Lipinski definition) is 2. The Balaban J connectivity index is 1.62. The molecule has 1 aliphatic carbocycles. The van der Waals surface area contributed by atoms with Gasteiger partial charge in [0.25, 0.3) is 11.8 Å². The van der Waals surface area contributed by atoms with E-state index in [9.17, 15) is 18.0 Å². The van der Waals surface area contributed by atoms with Crippen LogP contribution in [0.2, 0.25) is 0 Å². The van der Waals surface area contributed by atoms with Crippen molar-refractivity contribution in [1.82, 2.24) is 5.32 Å². The van der Waals surface area contributed by atoms with Gasteiger partial charge in [0.2, 0.25) is 0 Å². The number of fused-ring (bicyclic) bond motifs is 1. The smallest absolute Gasteiger partial charge is 0.291 e. The molecule has 0 aromatic carbocycles. The van der Waals surface area contributed by atoms with Crippen molar-refractivity contribution in [3.63, 3.8) is 0 Å². The topological polar surface area (TPSA) is 105 Å². The van der Waals surface area contributed by atoms with Crippen molar-refractivity contribution < 1.29 is 22.4 Å². The maximum absolute atomic E-state index is 13.0. The number of furan rings is 1. The first-order valence-corrected chi connectivity index (χ1v) is 12.0. The molecule has 2 atom stereocenters. The van der Waals surface area contributed by atoms with Gasteiger partial charge in [0.1, 0.15) is 5.00 Å². The van der Waals surface area contributed by atoms with Crippen LogP contribution in [0.15, 0.2) is 22.8 Å². The number of carbonyl (C=O) groups excluding carboxylic acids is 2. The Labute approximate surface area is 167 Å². The number of rotatable bonds is 4. The molecule has 0 saturated carbocycles. The molecule has 1 aliphatic heterocycles. The highest BCUT2D eigenvalue weighted by Crippen LogP contribution is 2.40. The number of nitrogens with one attached hydrogen (secondary N) is 2. The van der Waals surface area contributed by atoms with Crippen LogP contribution in [0.1, 0.15) is 51.1 Å². The van der Waals surface area contributed by atoms with Gasteiger partial charge in [0.15, 0.2) is 15.6 Å². The van der Waals surface area contributed by atoms with Crippen molar-refractivity contribution in [1.29, 1.82) is 0 Å². The standard InChI is InChI=1S/C19H22N2O5S2/c1-11-4-5-13-15(9-11)27-19(21-17(22)14-3-2-7-26-14)16(13)18(23)20-12-6-8-28(24,25)10-12/h2-3,7,11-12H,4-6,8-10H2,1H3,(H,20,23)(H,21,22)/t11-,12+/m0/s1. The monoisotopic (exact) mass is 422 g/mol. The molecule has 2 aromatic rings. The average molecular weight is 423 g/mol. The number of hydrogen-bond acceptors (Lipinski definition) is 6. The van der Waals surface area contributed by atoms with E-state index >= 15 is 0 Å². The van der Waals surface area contributed by atoms with Gasteiger partial charge in [0.05, 0.1) is 23.3 Å². The molecule has 2 amide bonds. The molecule has 150 valence electrons. The fourth-order valence-electron chi connectivity index (χ4n) is 3.82. The Morgan fingerprint density at radius 2 is 2.07 bits per heavy atom. The molecule has 9 heteroatoms. The van der Waals surface area contributed by atoms with Gasteiger partial charge in [-0.3, -0.25) is 9.59 Å². The molecule has 2 N–H and O–H groups in total. The maximum atomic E-state index is 13.0. The molecule has 1 fully saturated rings. The number of thiophene rings is 1. The molecular formula is C19H22N2O5S2. The van der Waals surface area contributed by atoms with E-state index in [1.807, 2.05) is 0 Å². The minimum absolute atomic E-state index is 0.0316. The van der Waals surface area contributed by atoms with Crippen molar-refractivity contribution >= 4 is 38.0 Å². The van der Waals surface area contributed by atoms with E-state index in [2.05, 4.69) is 17.6 Å². The molecule has 2 aliphatic rings. The molecular weight excluding hydrogens is 400 g/mol. The number of amides is 2. The van der Waals surface area contributed by atoms with E-state index in [0.29, 0.717) is 22.9 Å². The molecule has 0 radical (unpaired) electrons. The van der Waals surface area contributed by atoms with Crippen LogP contribution in [-0.4, -0.2) is 37.8 Å². The van der Waals surface area contributed by atoms with Gasteiger partial charge in [-0.2, -0.15) is 0 Å². The SMILES string of the molecule is C[C@H]1CCc2c(sc(NC(=O)c3ccco3)c2C(=O)N[C@@H]2CCS(=O)(=O)C2)C1. The van der Waals surface area contributed by atoms with Crippen LogP contribution in [0.5, 0.6) is 0 Å². The molecule has 3 heterocycles. The summed E-state index contributed by atoms with van der Waals surface area (Å²) >= 11 is 1.42. The summed E-state index contributed by atoms with van der Waals surface area (Å²) in [6.07, 6.45) is 4.47. The quantitative estimate of drug-likeness (QED) is 0.788. The van der Waals surface area contributed by atoms with E-state index in [1.54, 1.807) is 12.1 Å². The summed E-state index contributed by atoms with van der Waals surface area (Å²) in [5, 5.41) is 6.17. The summed E-state index contributed by atoms with van der Waals surface area (Å²) in [5.41, 5.74) is 1.44. The fourth-order valence-corrected chi connectivity index (χ4v) is 6.89. The van der Waals surface area contributed by atoms with Gasteiger partial charge in [-0.15, -0.1) is 11.3 Å². The summed E-state index contributed by atoms with van der Waals surface area (Å²) in [6, 6.07) is 2.81. The van der Waals surface area contributed by atoms with Crippen molar-refractivity contribution in [2.24, 2.45) is 5.92 Å². The van der Waals surface area contributed by atoms with Crippen molar-refractivity contribution in [2.75, 3.05) is 16.8 Å². The van der Waals surface area contributed by atoms with Crippen molar-refractivity contribution in [2.45, 2.75) is 38.6 Å². The summed E-state index contributed by atoms with van der Waals surface area (Å²) in [6.45, 7) is 2.17. The Hall–Kier alpha value is -2.13. The van der Waals surface area contributed by atoms with Crippen LogP contribution in [-0.2, 0) is 22.7 Å². The largest absolute Gasteiger partial charge is 0.459 e. The van der Waals surface area contributed by atoms with Gasteiger partial charge in [-0.1, -0.05) is 6.92 Å². The Morgan fingerprint density at radius 1 is 1.25 bits per heavy atom. The van der Waals surface area contributed by atoms with E-state index in [1.165, 1.54) is 17.6 Å². The highest BCUT2D eigenvalue weighted by Gasteiger charge is 2.33. The van der Waals surface area contributed by atoms with E-state index in [-0.39, 0.29) is 29.2 Å². The van der Waals surface area contributed by atoms with Crippen LogP contribution < -0.4 is 10.6 Å². The van der Waals surface area contributed by atoms with E-state index in [4.69, 9.17) is 4.42 Å². The summed E-state index contributed by atoms with van der Waals surface area (Å²) < 4.78 is 28.6. The number of sulfone groups is 1. The average Bonchev–Trinajstić information content (AvgIpc) is 3.33. The third-order valence-electron chi connectivity index (χ3n) is 5.28. The van der Waals surface area contributed by atoms with Gasteiger partial charge < -0.3 is 15.1 Å². The van der Waals surface area contributed by atoms with Gasteiger partial charge in [0, 0.05) is 10.9 Å². The Bertz CT molecular complexity index is 1010. The lowest BCUT2D eigenvalue weighted by Gasteiger charge is -2.19. The highest BCUT2D eigenvalue weighted by atomic mass is 32.2. The number of carbonyl (C=O) groups is 2. The second-order valence-corrected chi connectivity index (χ2v) is 10.9. The first kappa shape index (κ1) is 19.2. The first-order valence-electron chi connectivity index (χ1n) is 9.33. The lowest BCUT2D eigenvalue weighted by Crippen LogP contribution is -2.36. The molecule has 28 heavy (non-hydrogen) atoms. The van der Waals surface area contributed by atoms with Crippen LogP contribution in [0.4, 0.5) is 5.00 Å². The molecule has 0 spiro atoms. The fraction of sp³-hybridized carbons (Fsp3) is 0.474. The Kier molecular flexibility index (Phi) is 5.05. The summed E-state index contributed by atoms with van der Waals surface area (Å²) in [7, 11) is -3.09. The third-order valence-corrected chi connectivity index (χ3v) is 8.22. The predicted octanol–water partition coefficient (Wildman–Crippen LogP) is 2.64. The Morgan fingerprint density at radius 3 is 2.75 bits per heavy atom. The summed E-state index contributed by atoms with van der Waals surface area (Å²) in [4.78, 5) is 26.6. The molecule has 1 saturated heterocycles. The minimum Gasteiger partial charge on any atom is -0.459 e. The van der Waals surface area contributed by atoms with Crippen LogP contribution in [0, 0.1) is 5.92 Å². The second kappa shape index (κ2) is 7.36. The van der Waals surface area contributed by atoms with Crippen molar-refractivity contribution in [3.8, 4) is 0 Å². The minimum atomic E-state index is -3.09. The highest BCUT2D eigenvalue weighted by molar-refractivity contribution is 7.91. The lowest BCUT2D eigenvalue weighted by atomic mass is 9.88. The summed E-state index contributed by atoms with van der Waals surface area (Å²) in [5.74, 6) is 0.0387. The normalized spacial score (nSPS) is 23.2. The molecule has 0 bridgehead atoms. The van der Waals surface area contributed by atoms with Gasteiger partial charge in [-0.05, 0) is 49.3 Å². The van der Waals surface area contributed by atoms with E-state index < -0.39 is 15.7 Å². The molecule has 4 rings (SSSR count). The molecule has 2 aromatic heterocycles. The van der Waals surface area contributed by atoms with Crippen molar-refractivity contribution in [3.05, 3.63) is 40.2 Å². The van der Waals surface area contributed by atoms with Crippen LogP contribution in [0.25, 0.3) is 0 Å². The van der Waals surface area contributed by atoms with E-state index in [0.717, 1.165) is 29.7 Å². The van der Waals surface area contributed by atoms with Crippen LogP contribution >= 0.6 is 11.3 Å². The van der Waals surface area contributed by atoms with Gasteiger partial charge >= 0.3 is 0 Å². The number of anilines is 1. The lowest BCUT2D eigenvalue weighted by molar-refractivity contribution is 0.0941. The first-order chi connectivity index (χ1) is 13.3. The molecule has 0 unspecified atom stereocenters. The zero-order valence-corrected chi connectivity index (χ0v) is 17.1. The van der Waals surface area contributed by atoms with Gasteiger partial charge in [-0.25, -0.2) is 8.42 Å². The zero-order chi connectivity index (χ0) is 19.9.